The van der Waals surface area contributed by atoms with E-state index in [0.717, 1.165) is 25.9 Å². The van der Waals surface area contributed by atoms with Gasteiger partial charge in [0.25, 0.3) is 0 Å². The monoisotopic (exact) mass is 252 g/mol. The third kappa shape index (κ3) is 3.91. The molecule has 0 radical (unpaired) electrons. The average Bonchev–Trinajstić information content (AvgIpc) is 2.78. The quantitative estimate of drug-likeness (QED) is 0.775. The Labute approximate surface area is 107 Å². The van der Waals surface area contributed by atoms with Crippen molar-refractivity contribution in [2.24, 2.45) is 0 Å². The van der Waals surface area contributed by atoms with Crippen molar-refractivity contribution in [2.45, 2.75) is 58.0 Å². The van der Waals surface area contributed by atoms with E-state index in [4.69, 9.17) is 9.26 Å². The van der Waals surface area contributed by atoms with E-state index in [-0.39, 0.29) is 18.3 Å². The van der Waals surface area contributed by atoms with E-state index >= 15 is 0 Å². The molecule has 18 heavy (non-hydrogen) atoms. The lowest BCUT2D eigenvalue weighted by Crippen LogP contribution is -2.21. The van der Waals surface area contributed by atoms with Gasteiger partial charge in [0.1, 0.15) is 5.78 Å². The van der Waals surface area contributed by atoms with Crippen LogP contribution in [0.5, 0.6) is 0 Å². The molecule has 1 aromatic rings. The molecule has 2 rings (SSSR count). The number of Topliss-reactive ketones (excluding diaryl/α,β-unsaturated/α-hetero) is 1. The molecule has 1 aliphatic heterocycles. The number of nitrogens with zero attached hydrogens (tertiary/aromatic N) is 2. The topological polar surface area (TPSA) is 65.2 Å². The van der Waals surface area contributed by atoms with Crippen LogP contribution in [0.3, 0.4) is 0 Å². The molecule has 0 amide bonds. The van der Waals surface area contributed by atoms with Crippen molar-refractivity contribution in [3.63, 3.8) is 0 Å². The molecule has 0 N–H and O–H groups in total. The number of carbonyl (C=O) groups is 1. The Morgan fingerprint density at radius 2 is 2.33 bits per heavy atom. The first-order valence-electron chi connectivity index (χ1n) is 6.72. The second-order valence-electron chi connectivity index (χ2n) is 4.76. The summed E-state index contributed by atoms with van der Waals surface area (Å²) in [6.45, 7) is 2.81. The van der Waals surface area contributed by atoms with Gasteiger partial charge in [-0.15, -0.1) is 0 Å². The highest BCUT2D eigenvalue weighted by atomic mass is 16.5. The van der Waals surface area contributed by atoms with Gasteiger partial charge in [0, 0.05) is 19.4 Å². The van der Waals surface area contributed by atoms with E-state index in [9.17, 15) is 4.79 Å². The Morgan fingerprint density at radius 3 is 3.06 bits per heavy atom. The predicted octanol–water partition coefficient (Wildman–Crippen LogP) is 2.09. The molecular weight excluding hydrogens is 232 g/mol. The van der Waals surface area contributed by atoms with Gasteiger partial charge in [-0.05, 0) is 25.7 Å². The highest BCUT2D eigenvalue weighted by molar-refractivity contribution is 5.79. The summed E-state index contributed by atoms with van der Waals surface area (Å²) in [6, 6.07) is 0. The molecule has 5 heteroatoms. The number of rotatable bonds is 6. The first kappa shape index (κ1) is 13.2. The van der Waals surface area contributed by atoms with E-state index in [2.05, 4.69) is 10.1 Å². The van der Waals surface area contributed by atoms with Crippen LogP contribution in [0, 0.1) is 0 Å². The van der Waals surface area contributed by atoms with Crippen LogP contribution in [0.15, 0.2) is 4.52 Å². The minimum atomic E-state index is 0.154. The van der Waals surface area contributed by atoms with Crippen LogP contribution in [0.25, 0.3) is 0 Å². The van der Waals surface area contributed by atoms with Crippen LogP contribution < -0.4 is 0 Å². The minimum absolute atomic E-state index is 0.154. The van der Waals surface area contributed by atoms with Crippen molar-refractivity contribution in [3.05, 3.63) is 11.7 Å². The zero-order valence-electron chi connectivity index (χ0n) is 10.9. The standard InChI is InChI=1S/C13H20N2O3/c1-2-5-10(16)8-13-14-12(15-18-13)9-11-6-3-4-7-17-11/h11H,2-9H2,1H3. The van der Waals surface area contributed by atoms with E-state index in [1.807, 2.05) is 6.92 Å². The number of aromatic nitrogens is 2. The van der Waals surface area contributed by atoms with Gasteiger partial charge in [-0.25, -0.2) is 0 Å². The second kappa shape index (κ2) is 6.64. The molecule has 5 nitrogen and oxygen atoms in total. The zero-order chi connectivity index (χ0) is 12.8. The first-order chi connectivity index (χ1) is 8.78. The van der Waals surface area contributed by atoms with Crippen LogP contribution >= 0.6 is 0 Å². The fraction of sp³-hybridized carbons (Fsp3) is 0.769. The van der Waals surface area contributed by atoms with Crippen molar-refractivity contribution in [2.75, 3.05) is 6.61 Å². The number of hydrogen-bond acceptors (Lipinski definition) is 5. The Kier molecular flexibility index (Phi) is 4.87. The van der Waals surface area contributed by atoms with Gasteiger partial charge < -0.3 is 9.26 Å². The summed E-state index contributed by atoms with van der Waals surface area (Å²) in [7, 11) is 0. The van der Waals surface area contributed by atoms with Crippen molar-refractivity contribution < 1.29 is 14.1 Å². The Bertz CT molecular complexity index is 383. The van der Waals surface area contributed by atoms with Gasteiger partial charge in [0.15, 0.2) is 5.82 Å². The van der Waals surface area contributed by atoms with Gasteiger partial charge in [0.05, 0.1) is 12.5 Å². The largest absolute Gasteiger partial charge is 0.378 e. The molecule has 1 aromatic heterocycles. The summed E-state index contributed by atoms with van der Waals surface area (Å²) in [5, 5.41) is 3.91. The Morgan fingerprint density at radius 1 is 1.44 bits per heavy atom. The Hall–Kier alpha value is -1.23. The summed E-state index contributed by atoms with van der Waals surface area (Å²) in [4.78, 5) is 15.7. The van der Waals surface area contributed by atoms with Gasteiger partial charge in [-0.1, -0.05) is 12.1 Å². The molecule has 2 heterocycles. The van der Waals surface area contributed by atoms with E-state index in [0.29, 0.717) is 24.6 Å². The van der Waals surface area contributed by atoms with Crippen molar-refractivity contribution >= 4 is 5.78 Å². The molecule has 1 fully saturated rings. The number of hydrogen-bond donors (Lipinski definition) is 0. The highest BCUT2D eigenvalue weighted by Gasteiger charge is 2.18. The molecule has 1 aliphatic rings. The van der Waals surface area contributed by atoms with E-state index < -0.39 is 0 Å². The van der Waals surface area contributed by atoms with E-state index in [1.165, 1.54) is 6.42 Å². The van der Waals surface area contributed by atoms with E-state index in [1.54, 1.807) is 0 Å². The van der Waals surface area contributed by atoms with Gasteiger partial charge in [-0.2, -0.15) is 4.98 Å². The van der Waals surface area contributed by atoms with Crippen LogP contribution in [-0.2, 0) is 22.4 Å². The van der Waals surface area contributed by atoms with Crippen LogP contribution in [0.2, 0.25) is 0 Å². The first-order valence-corrected chi connectivity index (χ1v) is 6.72. The number of carbonyl (C=O) groups excluding carboxylic acids is 1. The summed E-state index contributed by atoms with van der Waals surface area (Å²) in [5.74, 6) is 1.24. The van der Waals surface area contributed by atoms with Crippen LogP contribution in [0.4, 0.5) is 0 Å². The SMILES string of the molecule is CCCC(=O)Cc1nc(CC2CCCCO2)no1. The highest BCUT2D eigenvalue weighted by Crippen LogP contribution is 2.16. The molecule has 0 bridgehead atoms. The molecule has 1 unspecified atom stereocenters. The lowest BCUT2D eigenvalue weighted by atomic mass is 10.1. The molecule has 0 saturated carbocycles. The summed E-state index contributed by atoms with van der Waals surface area (Å²) < 4.78 is 10.7. The minimum Gasteiger partial charge on any atom is -0.378 e. The summed E-state index contributed by atoms with van der Waals surface area (Å²) >= 11 is 0. The fourth-order valence-corrected chi connectivity index (χ4v) is 2.15. The summed E-state index contributed by atoms with van der Waals surface area (Å²) in [5.41, 5.74) is 0. The van der Waals surface area contributed by atoms with Gasteiger partial charge in [0.2, 0.25) is 5.89 Å². The van der Waals surface area contributed by atoms with Crippen LogP contribution in [0.1, 0.15) is 50.7 Å². The zero-order valence-corrected chi connectivity index (χ0v) is 10.9. The lowest BCUT2D eigenvalue weighted by molar-refractivity contribution is -0.118. The Balaban J connectivity index is 1.83. The molecule has 100 valence electrons. The smallest absolute Gasteiger partial charge is 0.234 e. The van der Waals surface area contributed by atoms with Crippen molar-refractivity contribution in [1.82, 2.24) is 10.1 Å². The molecule has 1 saturated heterocycles. The second-order valence-corrected chi connectivity index (χ2v) is 4.76. The maximum Gasteiger partial charge on any atom is 0.234 e. The maximum atomic E-state index is 11.5. The average molecular weight is 252 g/mol. The molecule has 0 aromatic carbocycles. The van der Waals surface area contributed by atoms with Crippen molar-refractivity contribution in [3.8, 4) is 0 Å². The third-order valence-corrected chi connectivity index (χ3v) is 3.07. The van der Waals surface area contributed by atoms with Crippen molar-refractivity contribution in [1.29, 1.82) is 0 Å². The normalized spacial score (nSPS) is 19.9. The molecule has 0 spiro atoms. The summed E-state index contributed by atoms with van der Waals surface area (Å²) in [6.07, 6.45) is 5.97. The van der Waals surface area contributed by atoms with Gasteiger partial charge >= 0.3 is 0 Å². The van der Waals surface area contributed by atoms with Gasteiger partial charge in [-0.3, -0.25) is 4.79 Å². The molecule has 0 aliphatic carbocycles. The predicted molar refractivity (Wildman–Crippen MR) is 65.2 cm³/mol. The maximum absolute atomic E-state index is 11.5. The molecule has 1 atom stereocenters. The fourth-order valence-electron chi connectivity index (χ4n) is 2.15. The molecular formula is C13H20N2O3. The number of ether oxygens (including phenoxy) is 1. The lowest BCUT2D eigenvalue weighted by Gasteiger charge is -2.20. The number of ketones is 1. The van der Waals surface area contributed by atoms with Crippen LogP contribution in [-0.4, -0.2) is 28.6 Å². The third-order valence-electron chi connectivity index (χ3n) is 3.07.